The number of nitro benzene ring substituents is 1. The van der Waals surface area contributed by atoms with Gasteiger partial charge in [-0.05, 0) is 18.2 Å². The van der Waals surface area contributed by atoms with Gasteiger partial charge in [0, 0.05) is 17.0 Å². The average molecular weight is 342 g/mol. The SMILES string of the molecule is COc1cc2c(Nc3ccc([N+](=O)[O-])cc3O)ncnc2cc1CO. The summed E-state index contributed by atoms with van der Waals surface area (Å²) >= 11 is 0. The van der Waals surface area contributed by atoms with E-state index in [1.165, 1.54) is 25.6 Å². The number of hydrogen-bond donors (Lipinski definition) is 3. The second kappa shape index (κ2) is 6.57. The Kier molecular flexibility index (Phi) is 4.31. The topological polar surface area (TPSA) is 131 Å². The molecule has 0 radical (unpaired) electrons. The third-order valence-electron chi connectivity index (χ3n) is 3.65. The number of non-ortho nitro benzene ring substituents is 1. The summed E-state index contributed by atoms with van der Waals surface area (Å²) in [6, 6.07) is 7.06. The predicted molar refractivity (Wildman–Crippen MR) is 90.1 cm³/mol. The summed E-state index contributed by atoms with van der Waals surface area (Å²) in [6.45, 7) is -0.199. The molecule has 0 aliphatic heterocycles. The summed E-state index contributed by atoms with van der Waals surface area (Å²) in [4.78, 5) is 18.5. The Balaban J connectivity index is 2.06. The molecule has 0 amide bonds. The predicted octanol–water partition coefficient (Wildman–Crippen LogP) is 2.49. The number of aliphatic hydroxyl groups excluding tert-OH is 1. The zero-order valence-corrected chi connectivity index (χ0v) is 13.1. The summed E-state index contributed by atoms with van der Waals surface area (Å²) in [5.41, 5.74) is 1.20. The minimum absolute atomic E-state index is 0.199. The van der Waals surface area contributed by atoms with Crippen LogP contribution in [0, 0.1) is 10.1 Å². The first-order valence-corrected chi connectivity index (χ1v) is 7.20. The van der Waals surface area contributed by atoms with Gasteiger partial charge in [-0.1, -0.05) is 0 Å². The van der Waals surface area contributed by atoms with Crippen molar-refractivity contribution in [2.24, 2.45) is 0 Å². The molecule has 9 nitrogen and oxygen atoms in total. The summed E-state index contributed by atoms with van der Waals surface area (Å²) in [6.07, 6.45) is 1.33. The average Bonchev–Trinajstić information content (AvgIpc) is 2.62. The summed E-state index contributed by atoms with van der Waals surface area (Å²) in [5.74, 6) is 0.581. The van der Waals surface area contributed by atoms with E-state index in [-0.39, 0.29) is 23.7 Å². The van der Waals surface area contributed by atoms with Crippen molar-refractivity contribution in [2.75, 3.05) is 12.4 Å². The van der Waals surface area contributed by atoms with E-state index in [2.05, 4.69) is 15.3 Å². The summed E-state index contributed by atoms with van der Waals surface area (Å²) < 4.78 is 5.25. The number of rotatable bonds is 5. The highest BCUT2D eigenvalue weighted by Crippen LogP contribution is 2.33. The van der Waals surface area contributed by atoms with E-state index >= 15 is 0 Å². The molecule has 2 aromatic carbocycles. The number of aromatic hydroxyl groups is 1. The van der Waals surface area contributed by atoms with Crippen molar-refractivity contribution in [1.82, 2.24) is 9.97 Å². The standard InChI is InChI=1S/C16H14N4O5/c1-25-15-6-11-13(4-9(15)7-21)17-8-18-16(11)19-12-3-2-10(20(23)24)5-14(12)22/h2-6,8,21-22H,7H2,1H3,(H,17,18,19). The highest BCUT2D eigenvalue weighted by Gasteiger charge is 2.13. The maximum absolute atomic E-state index is 10.7. The van der Waals surface area contributed by atoms with Crippen LogP contribution in [0.25, 0.3) is 10.9 Å². The van der Waals surface area contributed by atoms with Crippen LogP contribution >= 0.6 is 0 Å². The highest BCUT2D eigenvalue weighted by atomic mass is 16.6. The van der Waals surface area contributed by atoms with E-state index in [0.29, 0.717) is 28.0 Å². The Hall–Kier alpha value is -3.46. The number of benzene rings is 2. The third kappa shape index (κ3) is 3.12. The van der Waals surface area contributed by atoms with Crippen molar-refractivity contribution in [3.63, 3.8) is 0 Å². The number of phenolic OH excluding ortho intramolecular Hbond substituents is 1. The fraction of sp³-hybridized carbons (Fsp3) is 0.125. The number of aliphatic hydroxyl groups is 1. The van der Waals surface area contributed by atoms with Gasteiger partial charge >= 0.3 is 0 Å². The zero-order chi connectivity index (χ0) is 18.0. The summed E-state index contributed by atoms with van der Waals surface area (Å²) in [5, 5.41) is 33.7. The number of ether oxygens (including phenoxy) is 1. The fourth-order valence-electron chi connectivity index (χ4n) is 2.41. The van der Waals surface area contributed by atoms with Crippen LogP contribution in [0.1, 0.15) is 5.56 Å². The molecule has 3 N–H and O–H groups in total. The molecule has 1 aromatic heterocycles. The van der Waals surface area contributed by atoms with Crippen LogP contribution in [0.4, 0.5) is 17.2 Å². The van der Waals surface area contributed by atoms with Crippen LogP contribution in [0.2, 0.25) is 0 Å². The number of nitrogens with one attached hydrogen (secondary N) is 1. The normalized spacial score (nSPS) is 10.6. The number of nitrogens with zero attached hydrogens (tertiary/aromatic N) is 3. The van der Waals surface area contributed by atoms with Crippen LogP contribution in [0.3, 0.4) is 0 Å². The Labute approximate surface area is 141 Å². The maximum atomic E-state index is 10.7. The number of anilines is 2. The Morgan fingerprint density at radius 2 is 2.08 bits per heavy atom. The second-order valence-corrected chi connectivity index (χ2v) is 5.15. The quantitative estimate of drug-likeness (QED) is 0.366. The number of fused-ring (bicyclic) bond motifs is 1. The number of nitro groups is 1. The Morgan fingerprint density at radius 3 is 2.72 bits per heavy atom. The smallest absolute Gasteiger partial charge is 0.273 e. The molecular formula is C16H14N4O5. The highest BCUT2D eigenvalue weighted by molar-refractivity contribution is 5.92. The van der Waals surface area contributed by atoms with E-state index in [1.54, 1.807) is 12.1 Å². The number of aromatic nitrogens is 2. The molecule has 0 unspecified atom stereocenters. The number of methoxy groups -OCH3 is 1. The maximum Gasteiger partial charge on any atom is 0.273 e. The van der Waals surface area contributed by atoms with Crippen LogP contribution in [-0.2, 0) is 6.61 Å². The van der Waals surface area contributed by atoms with Crippen LogP contribution in [0.15, 0.2) is 36.7 Å². The van der Waals surface area contributed by atoms with Gasteiger partial charge in [-0.3, -0.25) is 10.1 Å². The van der Waals surface area contributed by atoms with Crippen LogP contribution in [0.5, 0.6) is 11.5 Å². The molecular weight excluding hydrogens is 328 g/mol. The molecule has 1 heterocycles. The lowest BCUT2D eigenvalue weighted by Gasteiger charge is -2.12. The first-order valence-electron chi connectivity index (χ1n) is 7.20. The molecule has 0 bridgehead atoms. The van der Waals surface area contributed by atoms with Crippen molar-refractivity contribution in [1.29, 1.82) is 0 Å². The molecule has 0 fully saturated rings. The molecule has 0 spiro atoms. The number of hydrogen-bond acceptors (Lipinski definition) is 8. The molecule has 0 saturated carbocycles. The fourth-order valence-corrected chi connectivity index (χ4v) is 2.41. The van der Waals surface area contributed by atoms with Crippen molar-refractivity contribution in [2.45, 2.75) is 6.61 Å². The van der Waals surface area contributed by atoms with E-state index in [9.17, 15) is 20.3 Å². The van der Waals surface area contributed by atoms with Gasteiger partial charge < -0.3 is 20.3 Å². The van der Waals surface area contributed by atoms with Crippen molar-refractivity contribution >= 4 is 28.1 Å². The first-order chi connectivity index (χ1) is 12.0. The minimum Gasteiger partial charge on any atom is -0.506 e. The molecule has 0 aliphatic carbocycles. The Bertz CT molecular complexity index is 961. The second-order valence-electron chi connectivity index (χ2n) is 5.15. The van der Waals surface area contributed by atoms with E-state index < -0.39 is 4.92 Å². The van der Waals surface area contributed by atoms with Crippen molar-refractivity contribution < 1.29 is 19.9 Å². The Morgan fingerprint density at radius 1 is 1.28 bits per heavy atom. The third-order valence-corrected chi connectivity index (χ3v) is 3.65. The van der Waals surface area contributed by atoms with Gasteiger partial charge in [0.25, 0.3) is 5.69 Å². The molecule has 128 valence electrons. The molecule has 3 aromatic rings. The molecule has 25 heavy (non-hydrogen) atoms. The lowest BCUT2D eigenvalue weighted by atomic mass is 10.1. The van der Waals surface area contributed by atoms with E-state index in [1.807, 2.05) is 0 Å². The monoisotopic (exact) mass is 342 g/mol. The van der Waals surface area contributed by atoms with Gasteiger partial charge in [0.1, 0.15) is 23.6 Å². The van der Waals surface area contributed by atoms with Gasteiger partial charge in [-0.2, -0.15) is 0 Å². The van der Waals surface area contributed by atoms with Gasteiger partial charge in [0.15, 0.2) is 0 Å². The van der Waals surface area contributed by atoms with Gasteiger partial charge in [0.05, 0.1) is 35.9 Å². The lowest BCUT2D eigenvalue weighted by Crippen LogP contribution is -1.99. The first kappa shape index (κ1) is 16.4. The van der Waals surface area contributed by atoms with Gasteiger partial charge in [0.2, 0.25) is 0 Å². The molecule has 0 saturated heterocycles. The minimum atomic E-state index is -0.592. The molecule has 0 atom stereocenters. The van der Waals surface area contributed by atoms with Crippen LogP contribution in [-0.4, -0.2) is 32.2 Å². The van der Waals surface area contributed by atoms with E-state index in [4.69, 9.17) is 4.74 Å². The zero-order valence-electron chi connectivity index (χ0n) is 13.1. The lowest BCUT2D eigenvalue weighted by molar-refractivity contribution is -0.384. The van der Waals surface area contributed by atoms with Gasteiger partial charge in [-0.15, -0.1) is 0 Å². The van der Waals surface area contributed by atoms with Crippen molar-refractivity contribution in [3.8, 4) is 11.5 Å². The molecule has 3 rings (SSSR count). The van der Waals surface area contributed by atoms with Crippen LogP contribution < -0.4 is 10.1 Å². The molecule has 0 aliphatic rings. The van der Waals surface area contributed by atoms with E-state index in [0.717, 1.165) is 6.07 Å². The summed E-state index contributed by atoms with van der Waals surface area (Å²) in [7, 11) is 1.49. The largest absolute Gasteiger partial charge is 0.506 e. The van der Waals surface area contributed by atoms with Crippen molar-refractivity contribution in [3.05, 3.63) is 52.3 Å². The molecule has 9 heteroatoms. The van der Waals surface area contributed by atoms with Gasteiger partial charge in [-0.25, -0.2) is 9.97 Å². The number of phenols is 1.